The SMILES string of the molecule is C[C@H](NC(=O)[C@@H](c1cncn1C)N(C)C)c1cccc(N2CCCC2)c1. The van der Waals surface area contributed by atoms with Crippen LogP contribution in [0, 0.1) is 0 Å². The average Bonchev–Trinajstić information content (AvgIpc) is 3.27. The number of carbonyl (C=O) groups excluding carboxylic acids is 1. The smallest absolute Gasteiger partial charge is 0.244 e. The minimum absolute atomic E-state index is 0.0160. The Balaban J connectivity index is 1.74. The van der Waals surface area contributed by atoms with Crippen molar-refractivity contribution in [1.82, 2.24) is 19.8 Å². The Kier molecular flexibility index (Phi) is 5.61. The molecule has 0 saturated carbocycles. The number of imidazole rings is 1. The molecule has 3 rings (SSSR count). The summed E-state index contributed by atoms with van der Waals surface area (Å²) in [6, 6.07) is 8.09. The maximum absolute atomic E-state index is 13.0. The summed E-state index contributed by atoms with van der Waals surface area (Å²) in [5.74, 6) is -0.0160. The number of nitrogens with one attached hydrogen (secondary N) is 1. The lowest BCUT2D eigenvalue weighted by molar-refractivity contribution is -0.126. The summed E-state index contributed by atoms with van der Waals surface area (Å²) in [7, 11) is 5.74. The Morgan fingerprint density at radius 2 is 2.00 bits per heavy atom. The van der Waals surface area contributed by atoms with E-state index in [0.29, 0.717) is 0 Å². The molecule has 2 atom stereocenters. The number of aryl methyl sites for hydroxylation is 1. The van der Waals surface area contributed by atoms with E-state index in [1.165, 1.54) is 18.5 Å². The fourth-order valence-electron chi connectivity index (χ4n) is 3.61. The second-order valence-corrected chi connectivity index (χ2v) is 7.31. The molecule has 1 amide bonds. The maximum atomic E-state index is 13.0. The van der Waals surface area contributed by atoms with Gasteiger partial charge in [-0.25, -0.2) is 4.98 Å². The molecule has 1 saturated heterocycles. The number of anilines is 1. The zero-order valence-electron chi connectivity index (χ0n) is 16.1. The second-order valence-electron chi connectivity index (χ2n) is 7.31. The van der Waals surface area contributed by atoms with E-state index in [0.717, 1.165) is 24.3 Å². The standard InChI is InChI=1S/C20H29N5O/c1-15(16-8-7-9-17(12-16)25-10-5-6-11-25)22-20(26)19(23(2)3)18-13-21-14-24(18)4/h7-9,12-15,19H,5-6,10-11H2,1-4H3,(H,22,26)/t15-,19+/m0/s1. The van der Waals surface area contributed by atoms with E-state index < -0.39 is 0 Å². The fraction of sp³-hybridized carbons (Fsp3) is 0.500. The van der Waals surface area contributed by atoms with Crippen LogP contribution < -0.4 is 10.2 Å². The summed E-state index contributed by atoms with van der Waals surface area (Å²) in [5, 5.41) is 3.17. The first-order valence-electron chi connectivity index (χ1n) is 9.25. The molecule has 1 fully saturated rings. The van der Waals surface area contributed by atoms with Gasteiger partial charge in [-0.3, -0.25) is 9.69 Å². The molecule has 1 aliphatic heterocycles. The molecule has 6 nitrogen and oxygen atoms in total. The number of benzene rings is 1. The highest BCUT2D eigenvalue weighted by Gasteiger charge is 2.27. The van der Waals surface area contributed by atoms with Crippen LogP contribution in [-0.4, -0.2) is 47.5 Å². The van der Waals surface area contributed by atoms with Gasteiger partial charge in [0.05, 0.1) is 24.3 Å². The van der Waals surface area contributed by atoms with Gasteiger partial charge in [0.15, 0.2) is 0 Å². The van der Waals surface area contributed by atoms with Crippen molar-refractivity contribution in [3.63, 3.8) is 0 Å². The third-order valence-electron chi connectivity index (χ3n) is 5.10. The predicted octanol–water partition coefficient (Wildman–Crippen LogP) is 2.50. The van der Waals surface area contributed by atoms with Gasteiger partial charge < -0.3 is 14.8 Å². The summed E-state index contributed by atoms with van der Waals surface area (Å²) >= 11 is 0. The van der Waals surface area contributed by atoms with E-state index in [1.807, 2.05) is 37.5 Å². The van der Waals surface area contributed by atoms with E-state index in [1.54, 1.807) is 12.5 Å². The molecule has 2 aromatic rings. The van der Waals surface area contributed by atoms with Gasteiger partial charge in [-0.15, -0.1) is 0 Å². The van der Waals surface area contributed by atoms with Crippen LogP contribution in [0.2, 0.25) is 0 Å². The molecule has 0 unspecified atom stereocenters. The summed E-state index contributed by atoms with van der Waals surface area (Å²) in [6.45, 7) is 4.28. The number of likely N-dealkylation sites (N-methyl/N-ethyl adjacent to an activating group) is 1. The quantitative estimate of drug-likeness (QED) is 0.865. The highest BCUT2D eigenvalue weighted by molar-refractivity contribution is 5.83. The van der Waals surface area contributed by atoms with Crippen molar-refractivity contribution >= 4 is 11.6 Å². The van der Waals surface area contributed by atoms with Gasteiger partial charge in [0, 0.05) is 25.8 Å². The zero-order valence-corrected chi connectivity index (χ0v) is 16.1. The third-order valence-corrected chi connectivity index (χ3v) is 5.10. The van der Waals surface area contributed by atoms with Crippen LogP contribution in [0.25, 0.3) is 0 Å². The minimum atomic E-state index is -0.369. The van der Waals surface area contributed by atoms with E-state index in [-0.39, 0.29) is 18.0 Å². The van der Waals surface area contributed by atoms with Crippen LogP contribution in [-0.2, 0) is 11.8 Å². The van der Waals surface area contributed by atoms with Crippen molar-refractivity contribution in [3.05, 3.63) is 48.0 Å². The Morgan fingerprint density at radius 3 is 2.62 bits per heavy atom. The topological polar surface area (TPSA) is 53.4 Å². The zero-order chi connectivity index (χ0) is 18.7. The first-order chi connectivity index (χ1) is 12.5. The molecule has 26 heavy (non-hydrogen) atoms. The summed E-state index contributed by atoms with van der Waals surface area (Å²) in [4.78, 5) is 21.4. The number of aromatic nitrogens is 2. The molecule has 1 aromatic carbocycles. The Labute approximate surface area is 155 Å². The lowest BCUT2D eigenvalue weighted by Crippen LogP contribution is -2.39. The van der Waals surface area contributed by atoms with Gasteiger partial charge >= 0.3 is 0 Å². The molecular weight excluding hydrogens is 326 g/mol. The van der Waals surface area contributed by atoms with Crippen molar-refractivity contribution in [1.29, 1.82) is 0 Å². The molecule has 1 N–H and O–H groups in total. The van der Waals surface area contributed by atoms with Gasteiger partial charge in [-0.05, 0) is 51.6 Å². The van der Waals surface area contributed by atoms with Gasteiger partial charge in [0.2, 0.25) is 5.91 Å². The molecule has 0 radical (unpaired) electrons. The van der Waals surface area contributed by atoms with Gasteiger partial charge in [-0.2, -0.15) is 0 Å². The number of nitrogens with zero attached hydrogens (tertiary/aromatic N) is 4. The van der Waals surface area contributed by atoms with E-state index in [2.05, 4.69) is 39.5 Å². The van der Waals surface area contributed by atoms with Gasteiger partial charge in [0.1, 0.15) is 6.04 Å². The molecular formula is C20H29N5O. The van der Waals surface area contributed by atoms with E-state index in [9.17, 15) is 4.79 Å². The van der Waals surface area contributed by atoms with Crippen LogP contribution in [0.1, 0.15) is 43.1 Å². The van der Waals surface area contributed by atoms with E-state index in [4.69, 9.17) is 0 Å². The number of rotatable bonds is 6. The minimum Gasteiger partial charge on any atom is -0.372 e. The lowest BCUT2D eigenvalue weighted by Gasteiger charge is -2.26. The number of hydrogen-bond donors (Lipinski definition) is 1. The molecule has 1 aromatic heterocycles. The first-order valence-corrected chi connectivity index (χ1v) is 9.25. The molecule has 140 valence electrons. The number of hydrogen-bond acceptors (Lipinski definition) is 4. The highest BCUT2D eigenvalue weighted by atomic mass is 16.2. The van der Waals surface area contributed by atoms with Crippen molar-refractivity contribution in [2.24, 2.45) is 7.05 Å². The fourth-order valence-corrected chi connectivity index (χ4v) is 3.61. The van der Waals surface area contributed by atoms with E-state index >= 15 is 0 Å². The summed E-state index contributed by atoms with van der Waals surface area (Å²) in [6.07, 6.45) is 5.99. The summed E-state index contributed by atoms with van der Waals surface area (Å²) < 4.78 is 1.89. The molecule has 0 spiro atoms. The van der Waals surface area contributed by atoms with Crippen molar-refractivity contribution in [2.75, 3.05) is 32.1 Å². The van der Waals surface area contributed by atoms with Crippen LogP contribution in [0.3, 0.4) is 0 Å². The summed E-state index contributed by atoms with van der Waals surface area (Å²) in [5.41, 5.74) is 3.26. The predicted molar refractivity (Wildman–Crippen MR) is 104 cm³/mol. The lowest BCUT2D eigenvalue weighted by atomic mass is 10.1. The second kappa shape index (κ2) is 7.91. The van der Waals surface area contributed by atoms with Crippen molar-refractivity contribution < 1.29 is 4.79 Å². The number of carbonyl (C=O) groups is 1. The Hall–Kier alpha value is -2.34. The monoisotopic (exact) mass is 355 g/mol. The highest BCUT2D eigenvalue weighted by Crippen LogP contribution is 2.25. The molecule has 6 heteroatoms. The van der Waals surface area contributed by atoms with Crippen molar-refractivity contribution in [3.8, 4) is 0 Å². The van der Waals surface area contributed by atoms with Crippen molar-refractivity contribution in [2.45, 2.75) is 31.8 Å². The molecule has 0 bridgehead atoms. The first kappa shape index (κ1) is 18.5. The molecule has 0 aliphatic carbocycles. The van der Waals surface area contributed by atoms with Gasteiger partial charge in [0.25, 0.3) is 0 Å². The maximum Gasteiger partial charge on any atom is 0.244 e. The molecule has 2 heterocycles. The van der Waals surface area contributed by atoms with Crippen LogP contribution in [0.4, 0.5) is 5.69 Å². The normalized spacial score (nSPS) is 16.7. The number of amides is 1. The molecule has 1 aliphatic rings. The van der Waals surface area contributed by atoms with Gasteiger partial charge in [-0.1, -0.05) is 12.1 Å². The Morgan fingerprint density at radius 1 is 1.27 bits per heavy atom. The average molecular weight is 355 g/mol. The largest absolute Gasteiger partial charge is 0.372 e. The van der Waals surface area contributed by atoms with Crippen LogP contribution >= 0.6 is 0 Å². The third kappa shape index (κ3) is 3.90. The van der Waals surface area contributed by atoms with Crippen LogP contribution in [0.5, 0.6) is 0 Å². The Bertz CT molecular complexity index is 748. The van der Waals surface area contributed by atoms with Crippen LogP contribution in [0.15, 0.2) is 36.8 Å².